The lowest BCUT2D eigenvalue weighted by Gasteiger charge is -2.29. The van der Waals surface area contributed by atoms with Gasteiger partial charge in [0.05, 0.1) is 0 Å². The lowest BCUT2D eigenvalue weighted by Crippen LogP contribution is -2.35. The Morgan fingerprint density at radius 2 is 1.86 bits per heavy atom. The molecule has 0 N–H and O–H groups in total. The van der Waals surface area contributed by atoms with Crippen LogP contribution >= 0.6 is 0 Å². The van der Waals surface area contributed by atoms with Crippen LogP contribution in [0.3, 0.4) is 0 Å². The standard InChI is InChI=1S/C12H23NO/c1-9(2)11(14)13-7-6-12(5,8-13)10(3)4/h9-10H,6-8H2,1-5H3/t12-/m0/s1. The monoisotopic (exact) mass is 197 g/mol. The van der Waals surface area contributed by atoms with Crippen LogP contribution in [0.4, 0.5) is 0 Å². The highest BCUT2D eigenvalue weighted by Crippen LogP contribution is 2.37. The highest BCUT2D eigenvalue weighted by Gasteiger charge is 2.38. The second-order valence-corrected chi connectivity index (χ2v) is 5.47. The van der Waals surface area contributed by atoms with E-state index in [4.69, 9.17) is 0 Å². The molecular formula is C12H23NO. The second-order valence-electron chi connectivity index (χ2n) is 5.47. The number of carbonyl (C=O) groups excluding carboxylic acids is 1. The van der Waals surface area contributed by atoms with E-state index < -0.39 is 0 Å². The van der Waals surface area contributed by atoms with Gasteiger partial charge in [-0.1, -0.05) is 34.6 Å². The predicted octanol–water partition coefficient (Wildman–Crippen LogP) is 2.54. The Bertz CT molecular complexity index is 222. The van der Waals surface area contributed by atoms with Gasteiger partial charge in [0.1, 0.15) is 0 Å². The van der Waals surface area contributed by atoms with Crippen molar-refractivity contribution in [3.63, 3.8) is 0 Å². The van der Waals surface area contributed by atoms with Crippen molar-refractivity contribution >= 4 is 5.91 Å². The summed E-state index contributed by atoms with van der Waals surface area (Å²) in [7, 11) is 0. The summed E-state index contributed by atoms with van der Waals surface area (Å²) in [5.41, 5.74) is 0.338. The number of rotatable bonds is 2. The summed E-state index contributed by atoms with van der Waals surface area (Å²) in [5.74, 6) is 1.12. The molecule has 0 spiro atoms. The van der Waals surface area contributed by atoms with Gasteiger partial charge in [-0.05, 0) is 17.8 Å². The fourth-order valence-corrected chi connectivity index (χ4v) is 2.01. The fourth-order valence-electron chi connectivity index (χ4n) is 2.01. The minimum atomic E-state index is 0.143. The van der Waals surface area contributed by atoms with E-state index in [1.165, 1.54) is 0 Å². The van der Waals surface area contributed by atoms with Crippen molar-refractivity contribution in [3.05, 3.63) is 0 Å². The fraction of sp³-hybridized carbons (Fsp3) is 0.917. The summed E-state index contributed by atoms with van der Waals surface area (Å²) < 4.78 is 0. The topological polar surface area (TPSA) is 20.3 Å². The Labute approximate surface area is 87.7 Å². The first-order chi connectivity index (χ1) is 6.37. The van der Waals surface area contributed by atoms with Crippen LogP contribution in [0.2, 0.25) is 0 Å². The number of amides is 1. The first-order valence-electron chi connectivity index (χ1n) is 5.65. The Hall–Kier alpha value is -0.530. The normalized spacial score (nSPS) is 27.8. The quantitative estimate of drug-likeness (QED) is 0.666. The van der Waals surface area contributed by atoms with Crippen molar-refractivity contribution in [1.29, 1.82) is 0 Å². The molecule has 1 atom stereocenters. The lowest BCUT2D eigenvalue weighted by atomic mass is 9.78. The molecule has 2 nitrogen and oxygen atoms in total. The van der Waals surface area contributed by atoms with E-state index in [2.05, 4.69) is 20.8 Å². The average Bonchev–Trinajstić information content (AvgIpc) is 2.48. The molecule has 1 rings (SSSR count). The maximum Gasteiger partial charge on any atom is 0.225 e. The number of likely N-dealkylation sites (tertiary alicyclic amines) is 1. The smallest absolute Gasteiger partial charge is 0.225 e. The summed E-state index contributed by atoms with van der Waals surface area (Å²) in [4.78, 5) is 13.8. The molecule has 0 aliphatic carbocycles. The van der Waals surface area contributed by atoms with Crippen LogP contribution in [0.1, 0.15) is 41.0 Å². The molecule has 14 heavy (non-hydrogen) atoms. The van der Waals surface area contributed by atoms with Gasteiger partial charge in [-0.25, -0.2) is 0 Å². The molecule has 2 heteroatoms. The van der Waals surface area contributed by atoms with Crippen molar-refractivity contribution in [3.8, 4) is 0 Å². The Morgan fingerprint density at radius 3 is 2.21 bits per heavy atom. The van der Waals surface area contributed by atoms with E-state index in [9.17, 15) is 4.79 Å². The molecular weight excluding hydrogens is 174 g/mol. The van der Waals surface area contributed by atoms with Gasteiger partial charge in [0.15, 0.2) is 0 Å². The highest BCUT2D eigenvalue weighted by atomic mass is 16.2. The second kappa shape index (κ2) is 3.92. The molecule has 0 unspecified atom stereocenters. The average molecular weight is 197 g/mol. The molecule has 1 saturated heterocycles. The van der Waals surface area contributed by atoms with E-state index >= 15 is 0 Å². The third kappa shape index (κ3) is 2.10. The van der Waals surface area contributed by atoms with Gasteiger partial charge >= 0.3 is 0 Å². The molecule has 1 amide bonds. The Morgan fingerprint density at radius 1 is 1.29 bits per heavy atom. The van der Waals surface area contributed by atoms with Crippen LogP contribution in [0.25, 0.3) is 0 Å². The molecule has 0 radical (unpaired) electrons. The molecule has 1 heterocycles. The molecule has 0 saturated carbocycles. The molecule has 0 aromatic heterocycles. The van der Waals surface area contributed by atoms with Gasteiger partial charge < -0.3 is 4.90 Å². The van der Waals surface area contributed by atoms with Gasteiger partial charge in [-0.2, -0.15) is 0 Å². The van der Waals surface area contributed by atoms with Gasteiger partial charge in [-0.15, -0.1) is 0 Å². The van der Waals surface area contributed by atoms with Crippen molar-refractivity contribution in [1.82, 2.24) is 4.90 Å². The van der Waals surface area contributed by atoms with Crippen LogP contribution in [-0.2, 0) is 4.79 Å². The van der Waals surface area contributed by atoms with Gasteiger partial charge in [0.2, 0.25) is 5.91 Å². The number of nitrogens with zero attached hydrogens (tertiary/aromatic N) is 1. The minimum Gasteiger partial charge on any atom is -0.342 e. The molecule has 1 fully saturated rings. The van der Waals surface area contributed by atoms with Crippen LogP contribution in [-0.4, -0.2) is 23.9 Å². The van der Waals surface area contributed by atoms with Crippen molar-refractivity contribution in [2.24, 2.45) is 17.3 Å². The summed E-state index contributed by atoms with van der Waals surface area (Å²) in [6.07, 6.45) is 1.16. The summed E-state index contributed by atoms with van der Waals surface area (Å²) in [5, 5.41) is 0. The lowest BCUT2D eigenvalue weighted by molar-refractivity contribution is -0.133. The summed E-state index contributed by atoms with van der Waals surface area (Å²) >= 11 is 0. The van der Waals surface area contributed by atoms with E-state index in [1.54, 1.807) is 0 Å². The minimum absolute atomic E-state index is 0.143. The first kappa shape index (κ1) is 11.5. The van der Waals surface area contributed by atoms with E-state index in [1.807, 2.05) is 18.7 Å². The first-order valence-corrected chi connectivity index (χ1v) is 5.65. The summed E-state index contributed by atoms with van der Waals surface area (Å²) in [6, 6.07) is 0. The zero-order valence-corrected chi connectivity index (χ0v) is 10.1. The van der Waals surface area contributed by atoms with Crippen LogP contribution in [0.5, 0.6) is 0 Å². The predicted molar refractivity (Wildman–Crippen MR) is 59.0 cm³/mol. The zero-order chi connectivity index (χ0) is 10.9. The van der Waals surface area contributed by atoms with E-state index in [0.717, 1.165) is 19.5 Å². The van der Waals surface area contributed by atoms with Crippen molar-refractivity contribution < 1.29 is 4.79 Å². The molecule has 1 aliphatic heterocycles. The maximum absolute atomic E-state index is 11.8. The van der Waals surface area contributed by atoms with Crippen molar-refractivity contribution in [2.75, 3.05) is 13.1 Å². The SMILES string of the molecule is CC(C)C(=O)N1CC[C@](C)(C(C)C)C1. The molecule has 1 aliphatic rings. The van der Waals surface area contributed by atoms with Gasteiger partial charge in [0, 0.05) is 19.0 Å². The largest absolute Gasteiger partial charge is 0.342 e. The summed E-state index contributed by atoms with van der Waals surface area (Å²) in [6.45, 7) is 12.7. The third-order valence-electron chi connectivity index (χ3n) is 3.70. The molecule has 82 valence electrons. The molecule has 0 aromatic rings. The van der Waals surface area contributed by atoms with Crippen LogP contribution < -0.4 is 0 Å². The maximum atomic E-state index is 11.8. The van der Waals surface area contributed by atoms with Crippen LogP contribution in [0, 0.1) is 17.3 Å². The van der Waals surface area contributed by atoms with Gasteiger partial charge in [-0.3, -0.25) is 4.79 Å². The zero-order valence-electron chi connectivity index (χ0n) is 10.1. The van der Waals surface area contributed by atoms with Crippen molar-refractivity contribution in [2.45, 2.75) is 41.0 Å². The number of hydrogen-bond donors (Lipinski definition) is 0. The van der Waals surface area contributed by atoms with E-state index in [0.29, 0.717) is 17.2 Å². The Balaban J connectivity index is 2.61. The molecule has 0 aromatic carbocycles. The third-order valence-corrected chi connectivity index (χ3v) is 3.70. The molecule has 0 bridgehead atoms. The van der Waals surface area contributed by atoms with E-state index in [-0.39, 0.29) is 5.92 Å². The highest BCUT2D eigenvalue weighted by molar-refractivity contribution is 5.78. The number of carbonyl (C=O) groups is 1. The number of hydrogen-bond acceptors (Lipinski definition) is 1. The van der Waals surface area contributed by atoms with Crippen LogP contribution in [0.15, 0.2) is 0 Å². The van der Waals surface area contributed by atoms with Gasteiger partial charge in [0.25, 0.3) is 0 Å². The Kier molecular flexibility index (Phi) is 3.23.